The minimum atomic E-state index is -0.413. The lowest BCUT2D eigenvalue weighted by atomic mass is 9.94. The molecule has 70 valence electrons. The van der Waals surface area contributed by atoms with Crippen molar-refractivity contribution in [3.63, 3.8) is 0 Å². The average molecular weight is 182 g/mol. The van der Waals surface area contributed by atoms with Gasteiger partial charge in [-0.3, -0.25) is 9.69 Å². The van der Waals surface area contributed by atoms with Gasteiger partial charge in [0.05, 0.1) is 6.04 Å². The fourth-order valence-electron chi connectivity index (χ4n) is 1.51. The lowest BCUT2D eigenvalue weighted by Crippen LogP contribution is -2.69. The lowest BCUT2D eigenvalue weighted by molar-refractivity contribution is -0.126. The molecule has 1 aliphatic rings. The van der Waals surface area contributed by atoms with E-state index in [9.17, 15) is 4.79 Å². The second-order valence-electron chi connectivity index (χ2n) is 2.92. The van der Waals surface area contributed by atoms with E-state index in [4.69, 9.17) is 5.73 Å². The van der Waals surface area contributed by atoms with Gasteiger partial charge >= 0.3 is 0 Å². The van der Waals surface area contributed by atoms with Crippen LogP contribution < -0.4 is 10.6 Å². The Balaban J connectivity index is 2.21. The van der Waals surface area contributed by atoms with Crippen LogP contribution in [0.5, 0.6) is 0 Å². The molecule has 1 aliphatic heterocycles. The monoisotopic (exact) mass is 182 g/mol. The van der Waals surface area contributed by atoms with E-state index in [0.29, 0.717) is 5.95 Å². The number of nitrogens with two attached hydrogens (primary N) is 1. The molecule has 2 atom stereocenters. The van der Waals surface area contributed by atoms with Crippen molar-refractivity contribution < 1.29 is 4.79 Å². The molecule has 0 spiro atoms. The van der Waals surface area contributed by atoms with Crippen LogP contribution in [0.3, 0.4) is 0 Å². The van der Waals surface area contributed by atoms with Crippen molar-refractivity contribution in [2.24, 2.45) is 5.73 Å². The number of aromatic nitrogens is 4. The van der Waals surface area contributed by atoms with E-state index in [1.807, 2.05) is 6.92 Å². The van der Waals surface area contributed by atoms with Gasteiger partial charge in [0, 0.05) is 0 Å². The van der Waals surface area contributed by atoms with E-state index in [2.05, 4.69) is 20.6 Å². The molecular weight excluding hydrogens is 172 g/mol. The molecule has 2 heterocycles. The van der Waals surface area contributed by atoms with Gasteiger partial charge in [0.1, 0.15) is 6.04 Å². The fraction of sp³-hybridized carbons (Fsp3) is 0.667. The molecule has 1 aromatic heterocycles. The summed E-state index contributed by atoms with van der Waals surface area (Å²) in [6, 6.07) is -0.409. The number of hydrogen-bond acceptors (Lipinski definition) is 5. The standard InChI is InChI=1S/C6H10N6O/c1-2-3-4(7)5(13)12(3)6-8-10-11-9-6/h3-4H,2,7H2,1H3,(H,8,9,10,11). The van der Waals surface area contributed by atoms with Crippen LogP contribution in [0.1, 0.15) is 13.3 Å². The summed E-state index contributed by atoms with van der Waals surface area (Å²) in [4.78, 5) is 12.8. The Bertz CT molecular complexity index is 309. The van der Waals surface area contributed by atoms with Crippen molar-refractivity contribution in [1.29, 1.82) is 0 Å². The minimum absolute atomic E-state index is 0.00472. The number of nitrogens with one attached hydrogen (secondary N) is 1. The molecule has 1 aromatic rings. The molecule has 2 rings (SSSR count). The van der Waals surface area contributed by atoms with E-state index in [0.717, 1.165) is 6.42 Å². The molecule has 1 amide bonds. The summed E-state index contributed by atoms with van der Waals surface area (Å²) in [5.74, 6) is 0.159. The van der Waals surface area contributed by atoms with E-state index in [1.165, 1.54) is 4.90 Å². The number of carbonyl (C=O) groups excluding carboxylic acids is 1. The Labute approximate surface area is 74.3 Å². The minimum Gasteiger partial charge on any atom is -0.318 e. The molecule has 0 aliphatic carbocycles. The highest BCUT2D eigenvalue weighted by Gasteiger charge is 2.46. The molecule has 1 saturated heterocycles. The number of H-pyrrole nitrogens is 1. The summed E-state index contributed by atoms with van der Waals surface area (Å²) in [7, 11) is 0. The van der Waals surface area contributed by atoms with Crippen molar-refractivity contribution in [2.75, 3.05) is 4.90 Å². The van der Waals surface area contributed by atoms with E-state index >= 15 is 0 Å². The number of carbonyl (C=O) groups is 1. The number of hydrogen-bond donors (Lipinski definition) is 2. The molecular formula is C6H10N6O. The van der Waals surface area contributed by atoms with Crippen molar-refractivity contribution in [3.8, 4) is 0 Å². The number of amides is 1. The molecule has 1 fully saturated rings. The summed E-state index contributed by atoms with van der Waals surface area (Å²) in [6.07, 6.45) is 0.793. The molecule has 13 heavy (non-hydrogen) atoms. The van der Waals surface area contributed by atoms with Crippen LogP contribution in [0.15, 0.2) is 0 Å². The van der Waals surface area contributed by atoms with E-state index < -0.39 is 6.04 Å². The third-order valence-electron chi connectivity index (χ3n) is 2.24. The summed E-state index contributed by atoms with van der Waals surface area (Å²) < 4.78 is 0. The Hall–Kier alpha value is -1.50. The second-order valence-corrected chi connectivity index (χ2v) is 2.92. The molecule has 0 radical (unpaired) electrons. The number of nitrogens with zero attached hydrogens (tertiary/aromatic N) is 4. The summed E-state index contributed by atoms with van der Waals surface area (Å²) in [5, 5.41) is 13.1. The summed E-state index contributed by atoms with van der Waals surface area (Å²) in [5.41, 5.74) is 5.60. The normalized spacial score (nSPS) is 27.5. The predicted octanol–water partition coefficient (Wildman–Crippen LogP) is -1.35. The highest BCUT2D eigenvalue weighted by Crippen LogP contribution is 2.24. The highest BCUT2D eigenvalue weighted by atomic mass is 16.2. The number of anilines is 1. The number of tetrazole rings is 1. The van der Waals surface area contributed by atoms with Gasteiger partial charge in [-0.15, -0.1) is 5.10 Å². The molecule has 0 saturated carbocycles. The third-order valence-corrected chi connectivity index (χ3v) is 2.24. The van der Waals surface area contributed by atoms with Crippen molar-refractivity contribution in [1.82, 2.24) is 20.6 Å². The molecule has 2 unspecified atom stereocenters. The van der Waals surface area contributed by atoms with Crippen molar-refractivity contribution in [2.45, 2.75) is 25.4 Å². The van der Waals surface area contributed by atoms with Gasteiger partial charge in [0.2, 0.25) is 5.91 Å². The smallest absolute Gasteiger partial charge is 0.272 e. The quantitative estimate of drug-likeness (QED) is 0.551. The number of β-lactam (4-membered cyclic amide) rings is 1. The first-order valence-corrected chi connectivity index (χ1v) is 4.07. The number of aromatic amines is 1. The van der Waals surface area contributed by atoms with Gasteiger partial charge in [-0.05, 0) is 11.6 Å². The van der Waals surface area contributed by atoms with Crippen molar-refractivity contribution in [3.05, 3.63) is 0 Å². The van der Waals surface area contributed by atoms with Gasteiger partial charge < -0.3 is 5.73 Å². The van der Waals surface area contributed by atoms with Crippen LogP contribution in [-0.4, -0.2) is 38.6 Å². The zero-order valence-electron chi connectivity index (χ0n) is 7.14. The Morgan fingerprint density at radius 3 is 3.00 bits per heavy atom. The van der Waals surface area contributed by atoms with Gasteiger partial charge in [-0.25, -0.2) is 0 Å². The maximum Gasteiger partial charge on any atom is 0.272 e. The molecule has 7 heteroatoms. The van der Waals surface area contributed by atoms with Crippen LogP contribution in [0.2, 0.25) is 0 Å². The zero-order valence-corrected chi connectivity index (χ0v) is 7.14. The van der Waals surface area contributed by atoms with Crippen LogP contribution >= 0.6 is 0 Å². The Morgan fingerprint density at radius 2 is 2.46 bits per heavy atom. The predicted molar refractivity (Wildman–Crippen MR) is 43.7 cm³/mol. The zero-order chi connectivity index (χ0) is 9.42. The van der Waals surface area contributed by atoms with Gasteiger partial charge in [0.15, 0.2) is 0 Å². The van der Waals surface area contributed by atoms with Crippen LogP contribution in [-0.2, 0) is 4.79 Å². The maximum absolute atomic E-state index is 11.3. The Morgan fingerprint density at radius 1 is 1.69 bits per heavy atom. The summed E-state index contributed by atoms with van der Waals surface area (Å²) in [6.45, 7) is 1.96. The molecule has 0 bridgehead atoms. The van der Waals surface area contributed by atoms with Crippen LogP contribution in [0, 0.1) is 0 Å². The van der Waals surface area contributed by atoms with Gasteiger partial charge in [-0.1, -0.05) is 12.0 Å². The van der Waals surface area contributed by atoms with Gasteiger partial charge in [0.25, 0.3) is 5.95 Å². The average Bonchev–Trinajstić information content (AvgIpc) is 2.64. The topological polar surface area (TPSA) is 101 Å². The first-order valence-electron chi connectivity index (χ1n) is 4.07. The van der Waals surface area contributed by atoms with Crippen LogP contribution in [0.4, 0.5) is 5.95 Å². The fourth-order valence-corrected chi connectivity index (χ4v) is 1.51. The maximum atomic E-state index is 11.3. The SMILES string of the molecule is CCC1C(N)C(=O)N1c1nn[nH]n1. The van der Waals surface area contributed by atoms with Crippen LogP contribution in [0.25, 0.3) is 0 Å². The highest BCUT2D eigenvalue weighted by molar-refractivity contribution is 6.03. The molecule has 3 N–H and O–H groups in total. The third kappa shape index (κ3) is 1.00. The Kier molecular flexibility index (Phi) is 1.73. The van der Waals surface area contributed by atoms with Gasteiger partial charge in [-0.2, -0.15) is 5.21 Å². The molecule has 0 aromatic carbocycles. The molecule has 7 nitrogen and oxygen atoms in total. The largest absolute Gasteiger partial charge is 0.318 e. The second kappa shape index (κ2) is 2.77. The number of rotatable bonds is 2. The lowest BCUT2D eigenvalue weighted by Gasteiger charge is -2.42. The first-order chi connectivity index (χ1) is 6.25. The van der Waals surface area contributed by atoms with Crippen molar-refractivity contribution >= 4 is 11.9 Å². The first kappa shape index (κ1) is 8.11. The van der Waals surface area contributed by atoms with E-state index in [-0.39, 0.29) is 11.9 Å². The summed E-state index contributed by atoms with van der Waals surface area (Å²) >= 11 is 0. The van der Waals surface area contributed by atoms with E-state index in [1.54, 1.807) is 0 Å².